The third-order valence-corrected chi connectivity index (χ3v) is 4.25. The summed E-state index contributed by atoms with van der Waals surface area (Å²) >= 11 is 0. The summed E-state index contributed by atoms with van der Waals surface area (Å²) in [6, 6.07) is 7.82. The lowest BCUT2D eigenvalue weighted by molar-refractivity contribution is 0.0493. The van der Waals surface area contributed by atoms with Gasteiger partial charge in [0.25, 0.3) is 0 Å². The van der Waals surface area contributed by atoms with Crippen molar-refractivity contribution in [2.45, 2.75) is 58.7 Å². The van der Waals surface area contributed by atoms with Crippen LogP contribution in [0.1, 0.15) is 52.6 Å². The lowest BCUT2D eigenvalue weighted by Crippen LogP contribution is -2.44. The van der Waals surface area contributed by atoms with Crippen LogP contribution in [0.3, 0.4) is 0 Å². The zero-order chi connectivity index (χ0) is 20.0. The quantitative estimate of drug-likeness (QED) is 0.324. The van der Waals surface area contributed by atoms with Crippen molar-refractivity contribution in [3.8, 4) is 5.75 Å². The number of nitrogens with two attached hydrogens (primary N) is 1. The Morgan fingerprint density at radius 1 is 1.36 bits per heavy atom. The van der Waals surface area contributed by atoms with Crippen LogP contribution in [0.15, 0.2) is 29.3 Å². The zero-order valence-electron chi connectivity index (χ0n) is 17.3. The van der Waals surface area contributed by atoms with Gasteiger partial charge in [-0.05, 0) is 32.8 Å². The maximum absolute atomic E-state index is 12.0. The Morgan fingerprint density at radius 3 is 2.68 bits per heavy atom. The van der Waals surface area contributed by atoms with E-state index in [1.807, 2.05) is 58.9 Å². The van der Waals surface area contributed by atoms with E-state index in [9.17, 15) is 4.79 Å². The molecule has 1 aromatic carbocycles. The highest BCUT2D eigenvalue weighted by Crippen LogP contribution is 2.31. The molecule has 1 amide bonds. The highest BCUT2D eigenvalue weighted by atomic mass is 127. The summed E-state index contributed by atoms with van der Waals surface area (Å²) in [6.07, 6.45) is 0.373. The summed E-state index contributed by atoms with van der Waals surface area (Å²) in [5.41, 5.74) is 6.64. The molecule has 0 saturated carbocycles. The number of nitrogens with one attached hydrogen (secondary N) is 2. The largest absolute Gasteiger partial charge is 0.493 e. The lowest BCUT2D eigenvalue weighted by atomic mass is 10.0. The number of amides is 1. The molecule has 0 aliphatic carbocycles. The number of hydrogen-bond donors (Lipinski definition) is 3. The molecule has 0 bridgehead atoms. The normalized spacial score (nSPS) is 17.6. The van der Waals surface area contributed by atoms with Gasteiger partial charge in [-0.15, -0.1) is 24.0 Å². The van der Waals surface area contributed by atoms with Gasteiger partial charge in [-0.1, -0.05) is 32.0 Å². The third-order valence-electron chi connectivity index (χ3n) is 4.25. The van der Waals surface area contributed by atoms with Crippen molar-refractivity contribution in [3.05, 3.63) is 29.8 Å². The number of halogens is 1. The van der Waals surface area contributed by atoms with Gasteiger partial charge in [0, 0.05) is 12.0 Å². The predicted molar refractivity (Wildman–Crippen MR) is 122 cm³/mol. The number of fused-ring (bicyclic) bond motifs is 1. The second-order valence-corrected chi connectivity index (χ2v) is 8.09. The molecule has 0 spiro atoms. The molecular formula is C20H33IN4O3. The number of nitrogens with zero attached hydrogens (tertiary/aromatic N) is 1. The molecule has 28 heavy (non-hydrogen) atoms. The highest BCUT2D eigenvalue weighted by molar-refractivity contribution is 14.0. The van der Waals surface area contributed by atoms with Crippen molar-refractivity contribution in [2.75, 3.05) is 13.2 Å². The maximum Gasteiger partial charge on any atom is 0.407 e. The fourth-order valence-electron chi connectivity index (χ4n) is 2.79. The van der Waals surface area contributed by atoms with Gasteiger partial charge in [0.2, 0.25) is 0 Å². The van der Waals surface area contributed by atoms with Gasteiger partial charge in [-0.2, -0.15) is 0 Å². The van der Waals surface area contributed by atoms with E-state index in [4.69, 9.17) is 15.2 Å². The standard InChI is InChI=1S/C20H32N4O3.HI/c1-13(2)16(24-19(25)27-20(3,4)5)12-22-18(21)23-15-10-11-26-17-9-7-6-8-14(15)17;/h6-9,13,15-16H,10-12H2,1-5H3,(H,24,25)(H3,21,22,23);1H. The van der Waals surface area contributed by atoms with Gasteiger partial charge in [0.05, 0.1) is 25.2 Å². The Morgan fingerprint density at radius 2 is 2.04 bits per heavy atom. The topological polar surface area (TPSA) is 98.0 Å². The molecule has 158 valence electrons. The molecule has 2 rings (SSSR count). The SMILES string of the molecule is CC(C)C(CN=C(N)NC1CCOc2ccccc21)NC(=O)OC(C)(C)C.I. The van der Waals surface area contributed by atoms with E-state index in [1.165, 1.54) is 0 Å². The summed E-state index contributed by atoms with van der Waals surface area (Å²) in [5, 5.41) is 6.14. The monoisotopic (exact) mass is 504 g/mol. The summed E-state index contributed by atoms with van der Waals surface area (Å²) in [6.45, 7) is 10.6. The molecular weight excluding hydrogens is 471 g/mol. The third kappa shape index (κ3) is 7.73. The fourth-order valence-corrected chi connectivity index (χ4v) is 2.79. The average molecular weight is 504 g/mol. The Labute approximate surface area is 184 Å². The molecule has 2 unspecified atom stereocenters. The molecule has 4 N–H and O–H groups in total. The molecule has 0 fully saturated rings. The Hall–Kier alpha value is -1.71. The molecule has 0 radical (unpaired) electrons. The molecule has 0 aromatic heterocycles. The molecule has 1 aromatic rings. The second-order valence-electron chi connectivity index (χ2n) is 8.09. The smallest absolute Gasteiger partial charge is 0.407 e. The van der Waals surface area contributed by atoms with Crippen LogP contribution in [0.25, 0.3) is 0 Å². The number of carbonyl (C=O) groups excluding carboxylic acids is 1. The highest BCUT2D eigenvalue weighted by Gasteiger charge is 2.23. The van der Waals surface area contributed by atoms with Crippen LogP contribution in [0.2, 0.25) is 0 Å². The minimum absolute atomic E-state index is 0. The van der Waals surface area contributed by atoms with E-state index in [0.29, 0.717) is 19.1 Å². The van der Waals surface area contributed by atoms with Gasteiger partial charge in [0.15, 0.2) is 5.96 Å². The minimum Gasteiger partial charge on any atom is -0.493 e. The first-order valence-corrected chi connectivity index (χ1v) is 9.43. The van der Waals surface area contributed by atoms with Crippen molar-refractivity contribution in [1.82, 2.24) is 10.6 Å². The van der Waals surface area contributed by atoms with Crippen LogP contribution in [-0.2, 0) is 4.74 Å². The van der Waals surface area contributed by atoms with Crippen LogP contribution in [-0.4, -0.2) is 36.8 Å². The van der Waals surface area contributed by atoms with Crippen LogP contribution < -0.4 is 21.1 Å². The number of alkyl carbamates (subject to hydrolysis) is 1. The van der Waals surface area contributed by atoms with Crippen LogP contribution >= 0.6 is 24.0 Å². The average Bonchev–Trinajstić information content (AvgIpc) is 2.57. The number of para-hydroxylation sites is 1. The van der Waals surface area contributed by atoms with E-state index in [-0.39, 0.29) is 42.0 Å². The van der Waals surface area contributed by atoms with Crippen LogP contribution in [0, 0.1) is 5.92 Å². The van der Waals surface area contributed by atoms with Crippen LogP contribution in [0.5, 0.6) is 5.75 Å². The van der Waals surface area contributed by atoms with Gasteiger partial charge in [-0.25, -0.2) is 4.79 Å². The zero-order valence-corrected chi connectivity index (χ0v) is 19.7. The van der Waals surface area contributed by atoms with Gasteiger partial charge < -0.3 is 25.8 Å². The predicted octanol–water partition coefficient (Wildman–Crippen LogP) is 3.58. The number of guanidine groups is 1. The number of aliphatic imine (C=N–C) groups is 1. The molecule has 1 aliphatic heterocycles. The van der Waals surface area contributed by atoms with Crippen molar-refractivity contribution in [2.24, 2.45) is 16.6 Å². The first kappa shape index (κ1) is 24.3. The van der Waals surface area contributed by atoms with E-state index in [0.717, 1.165) is 17.7 Å². The number of hydrogen-bond acceptors (Lipinski definition) is 4. The fraction of sp³-hybridized carbons (Fsp3) is 0.600. The number of ether oxygens (including phenoxy) is 2. The Balaban J connectivity index is 0.00000392. The summed E-state index contributed by atoms with van der Waals surface area (Å²) in [7, 11) is 0. The first-order chi connectivity index (χ1) is 12.7. The summed E-state index contributed by atoms with van der Waals surface area (Å²) < 4.78 is 11.0. The van der Waals surface area contributed by atoms with Crippen molar-refractivity contribution < 1.29 is 14.3 Å². The molecule has 2 atom stereocenters. The molecule has 1 aliphatic rings. The van der Waals surface area contributed by atoms with E-state index >= 15 is 0 Å². The number of rotatable bonds is 5. The van der Waals surface area contributed by atoms with E-state index < -0.39 is 11.7 Å². The van der Waals surface area contributed by atoms with E-state index in [2.05, 4.69) is 15.6 Å². The molecule has 1 heterocycles. The lowest BCUT2D eigenvalue weighted by Gasteiger charge is -2.27. The van der Waals surface area contributed by atoms with Crippen LogP contribution in [0.4, 0.5) is 4.79 Å². The van der Waals surface area contributed by atoms with Gasteiger partial charge in [0.1, 0.15) is 11.4 Å². The Kier molecular flexibility index (Phi) is 9.32. The van der Waals surface area contributed by atoms with E-state index in [1.54, 1.807) is 0 Å². The Bertz CT molecular complexity index is 674. The van der Waals surface area contributed by atoms with Crippen molar-refractivity contribution in [3.63, 3.8) is 0 Å². The molecule has 7 nitrogen and oxygen atoms in total. The number of benzene rings is 1. The molecule has 0 saturated heterocycles. The van der Waals surface area contributed by atoms with Gasteiger partial charge in [-0.3, -0.25) is 4.99 Å². The summed E-state index contributed by atoms with van der Waals surface area (Å²) in [5.74, 6) is 1.42. The van der Waals surface area contributed by atoms with Crippen molar-refractivity contribution >= 4 is 36.0 Å². The first-order valence-electron chi connectivity index (χ1n) is 9.43. The summed E-state index contributed by atoms with van der Waals surface area (Å²) in [4.78, 5) is 16.5. The molecule has 8 heteroatoms. The maximum atomic E-state index is 12.0. The number of carbonyl (C=O) groups is 1. The van der Waals surface area contributed by atoms with Crippen molar-refractivity contribution in [1.29, 1.82) is 0 Å². The van der Waals surface area contributed by atoms with Gasteiger partial charge >= 0.3 is 6.09 Å². The minimum atomic E-state index is -0.536. The second kappa shape index (κ2) is 10.7.